The van der Waals surface area contributed by atoms with E-state index in [9.17, 15) is 0 Å². The van der Waals surface area contributed by atoms with Crippen molar-refractivity contribution in [1.82, 2.24) is 5.32 Å². The van der Waals surface area contributed by atoms with Crippen molar-refractivity contribution in [2.45, 2.75) is 45.2 Å². The molecule has 1 aliphatic rings. The van der Waals surface area contributed by atoms with Gasteiger partial charge in [0, 0.05) is 18.6 Å². The molecule has 0 amide bonds. The predicted octanol–water partition coefficient (Wildman–Crippen LogP) is 2.50. The second-order valence-electron chi connectivity index (χ2n) is 4.79. The van der Waals surface area contributed by atoms with Gasteiger partial charge in [0.25, 0.3) is 0 Å². The third-order valence-electron chi connectivity index (χ3n) is 3.19. The maximum Gasteiger partial charge on any atom is 0.117 e. The lowest BCUT2D eigenvalue weighted by atomic mass is 9.95. The maximum atomic E-state index is 5.67. The number of furan rings is 1. The van der Waals surface area contributed by atoms with Gasteiger partial charge in [0.05, 0.1) is 13.2 Å². The molecule has 16 heavy (non-hydrogen) atoms. The molecule has 1 atom stereocenters. The lowest BCUT2D eigenvalue weighted by Gasteiger charge is -2.34. The molecule has 1 unspecified atom stereocenters. The SMILES string of the molecule is CCc1ccc(CNC2(C)CCCOC2)o1. The summed E-state index contributed by atoms with van der Waals surface area (Å²) >= 11 is 0. The van der Waals surface area contributed by atoms with Crippen molar-refractivity contribution < 1.29 is 9.15 Å². The summed E-state index contributed by atoms with van der Waals surface area (Å²) in [6.45, 7) is 6.81. The van der Waals surface area contributed by atoms with Crippen molar-refractivity contribution in [3.05, 3.63) is 23.7 Å². The van der Waals surface area contributed by atoms with Crippen LogP contribution in [0.1, 0.15) is 38.2 Å². The van der Waals surface area contributed by atoms with E-state index in [1.54, 1.807) is 0 Å². The highest BCUT2D eigenvalue weighted by atomic mass is 16.5. The number of nitrogens with one attached hydrogen (secondary N) is 1. The zero-order chi connectivity index (χ0) is 11.4. The first-order valence-electron chi connectivity index (χ1n) is 6.12. The van der Waals surface area contributed by atoms with Crippen LogP contribution in [0.4, 0.5) is 0 Å². The van der Waals surface area contributed by atoms with Crippen LogP contribution in [-0.2, 0) is 17.7 Å². The van der Waals surface area contributed by atoms with Gasteiger partial charge in [-0.1, -0.05) is 6.92 Å². The molecule has 2 rings (SSSR count). The highest BCUT2D eigenvalue weighted by molar-refractivity contribution is 5.07. The molecule has 3 heteroatoms. The van der Waals surface area contributed by atoms with Crippen molar-refractivity contribution in [3.8, 4) is 0 Å². The average Bonchev–Trinajstić information content (AvgIpc) is 2.75. The maximum absolute atomic E-state index is 5.67. The largest absolute Gasteiger partial charge is 0.465 e. The number of hydrogen-bond donors (Lipinski definition) is 1. The molecule has 1 aliphatic heterocycles. The summed E-state index contributed by atoms with van der Waals surface area (Å²) in [6.07, 6.45) is 3.27. The Morgan fingerprint density at radius 1 is 1.38 bits per heavy atom. The van der Waals surface area contributed by atoms with Crippen LogP contribution >= 0.6 is 0 Å². The van der Waals surface area contributed by atoms with Gasteiger partial charge in [-0.05, 0) is 31.9 Å². The highest BCUT2D eigenvalue weighted by Crippen LogP contribution is 2.19. The Hall–Kier alpha value is -0.800. The molecule has 1 fully saturated rings. The smallest absolute Gasteiger partial charge is 0.117 e. The molecule has 0 radical (unpaired) electrons. The van der Waals surface area contributed by atoms with Gasteiger partial charge in [-0.15, -0.1) is 0 Å². The normalized spacial score (nSPS) is 25.9. The van der Waals surface area contributed by atoms with E-state index in [4.69, 9.17) is 9.15 Å². The minimum atomic E-state index is 0.109. The molecule has 1 aromatic rings. The third kappa shape index (κ3) is 2.86. The second-order valence-corrected chi connectivity index (χ2v) is 4.79. The van der Waals surface area contributed by atoms with Gasteiger partial charge in [0.2, 0.25) is 0 Å². The zero-order valence-electron chi connectivity index (χ0n) is 10.2. The second kappa shape index (κ2) is 5.02. The quantitative estimate of drug-likeness (QED) is 0.851. The first-order chi connectivity index (χ1) is 7.72. The summed E-state index contributed by atoms with van der Waals surface area (Å²) in [5.41, 5.74) is 0.109. The monoisotopic (exact) mass is 223 g/mol. The van der Waals surface area contributed by atoms with Crippen LogP contribution in [0.3, 0.4) is 0 Å². The first-order valence-corrected chi connectivity index (χ1v) is 6.12. The Bertz CT molecular complexity index is 326. The van der Waals surface area contributed by atoms with E-state index in [2.05, 4.69) is 31.3 Å². The lowest BCUT2D eigenvalue weighted by molar-refractivity contribution is 0.0270. The Labute approximate surface area is 97.2 Å². The van der Waals surface area contributed by atoms with Crippen LogP contribution in [0.25, 0.3) is 0 Å². The highest BCUT2D eigenvalue weighted by Gasteiger charge is 2.26. The number of aryl methyl sites for hydroxylation is 1. The van der Waals surface area contributed by atoms with Crippen LogP contribution in [0.15, 0.2) is 16.5 Å². The van der Waals surface area contributed by atoms with Crippen LogP contribution in [0.2, 0.25) is 0 Å². The fraction of sp³-hybridized carbons (Fsp3) is 0.692. The van der Waals surface area contributed by atoms with E-state index < -0.39 is 0 Å². The summed E-state index contributed by atoms with van der Waals surface area (Å²) in [6, 6.07) is 4.11. The van der Waals surface area contributed by atoms with Crippen LogP contribution < -0.4 is 5.32 Å². The van der Waals surface area contributed by atoms with Crippen molar-refractivity contribution >= 4 is 0 Å². The molecule has 2 heterocycles. The molecule has 0 aliphatic carbocycles. The van der Waals surface area contributed by atoms with Gasteiger partial charge in [-0.2, -0.15) is 0 Å². The van der Waals surface area contributed by atoms with Gasteiger partial charge >= 0.3 is 0 Å². The lowest BCUT2D eigenvalue weighted by Crippen LogP contribution is -2.48. The van der Waals surface area contributed by atoms with Gasteiger partial charge in [0.15, 0.2) is 0 Å². The Balaban J connectivity index is 1.86. The van der Waals surface area contributed by atoms with E-state index in [1.807, 2.05) is 0 Å². The van der Waals surface area contributed by atoms with Crippen LogP contribution in [0, 0.1) is 0 Å². The fourth-order valence-electron chi connectivity index (χ4n) is 2.08. The molecule has 1 saturated heterocycles. The molecule has 3 nitrogen and oxygen atoms in total. The fourth-order valence-corrected chi connectivity index (χ4v) is 2.08. The summed E-state index contributed by atoms with van der Waals surface area (Å²) < 4.78 is 11.2. The van der Waals surface area contributed by atoms with E-state index in [-0.39, 0.29) is 5.54 Å². The van der Waals surface area contributed by atoms with Crippen molar-refractivity contribution in [1.29, 1.82) is 0 Å². The van der Waals surface area contributed by atoms with Crippen molar-refractivity contribution in [2.24, 2.45) is 0 Å². The van der Waals surface area contributed by atoms with Gasteiger partial charge in [-0.3, -0.25) is 0 Å². The van der Waals surface area contributed by atoms with E-state index in [0.717, 1.165) is 44.1 Å². The molecular weight excluding hydrogens is 202 g/mol. The predicted molar refractivity (Wildman–Crippen MR) is 63.4 cm³/mol. The van der Waals surface area contributed by atoms with Crippen molar-refractivity contribution in [3.63, 3.8) is 0 Å². The van der Waals surface area contributed by atoms with E-state index >= 15 is 0 Å². The van der Waals surface area contributed by atoms with E-state index in [0.29, 0.717) is 0 Å². The summed E-state index contributed by atoms with van der Waals surface area (Å²) in [7, 11) is 0. The van der Waals surface area contributed by atoms with Crippen LogP contribution in [-0.4, -0.2) is 18.8 Å². The minimum absolute atomic E-state index is 0.109. The molecule has 1 aromatic heterocycles. The van der Waals surface area contributed by atoms with Gasteiger partial charge < -0.3 is 14.5 Å². The topological polar surface area (TPSA) is 34.4 Å². The number of hydrogen-bond acceptors (Lipinski definition) is 3. The van der Waals surface area contributed by atoms with E-state index in [1.165, 1.54) is 6.42 Å². The summed E-state index contributed by atoms with van der Waals surface area (Å²) in [5, 5.41) is 3.53. The molecule has 0 spiro atoms. The Morgan fingerprint density at radius 2 is 2.19 bits per heavy atom. The van der Waals surface area contributed by atoms with Crippen LogP contribution in [0.5, 0.6) is 0 Å². The summed E-state index contributed by atoms with van der Waals surface area (Å²) in [5.74, 6) is 2.07. The Kier molecular flexibility index (Phi) is 3.66. The molecule has 0 bridgehead atoms. The minimum Gasteiger partial charge on any atom is -0.465 e. The summed E-state index contributed by atoms with van der Waals surface area (Å²) in [4.78, 5) is 0. The third-order valence-corrected chi connectivity index (χ3v) is 3.19. The first kappa shape index (κ1) is 11.7. The van der Waals surface area contributed by atoms with Gasteiger partial charge in [0.1, 0.15) is 11.5 Å². The zero-order valence-corrected chi connectivity index (χ0v) is 10.2. The number of ether oxygens (including phenoxy) is 1. The Morgan fingerprint density at radius 3 is 2.81 bits per heavy atom. The molecular formula is C13H21NO2. The standard InChI is InChI=1S/C13H21NO2/c1-3-11-5-6-12(16-11)9-14-13(2)7-4-8-15-10-13/h5-6,14H,3-4,7-10H2,1-2H3. The van der Waals surface area contributed by atoms with Crippen molar-refractivity contribution in [2.75, 3.05) is 13.2 Å². The molecule has 0 saturated carbocycles. The van der Waals surface area contributed by atoms with Gasteiger partial charge in [-0.25, -0.2) is 0 Å². The molecule has 0 aromatic carbocycles. The average molecular weight is 223 g/mol. The molecule has 1 N–H and O–H groups in total. The molecule has 90 valence electrons. The number of rotatable bonds is 4.